The zero-order valence-corrected chi connectivity index (χ0v) is 19.5. The standard InChI is InChI=1S/C24H27Cl2N3O2/c1-24(2,3)23(31)29-14-12-28(13-15-29)21-10-9-19(16-20(21)26)27-22(30)11-6-17-4-7-18(25)8-5-17/h4-11,16H,12-15H2,1-3H3,(H,27,30)/b11-6+. The summed E-state index contributed by atoms with van der Waals surface area (Å²) >= 11 is 12.4. The lowest BCUT2D eigenvalue weighted by molar-refractivity contribution is -0.139. The molecular weight excluding hydrogens is 433 g/mol. The van der Waals surface area contributed by atoms with Crippen LogP contribution in [0.5, 0.6) is 0 Å². The smallest absolute Gasteiger partial charge is 0.248 e. The summed E-state index contributed by atoms with van der Waals surface area (Å²) in [5.41, 5.74) is 2.04. The van der Waals surface area contributed by atoms with Crippen molar-refractivity contribution >= 4 is 52.5 Å². The van der Waals surface area contributed by atoms with E-state index in [1.807, 2.05) is 49.9 Å². The van der Waals surface area contributed by atoms with E-state index < -0.39 is 0 Å². The van der Waals surface area contributed by atoms with Gasteiger partial charge in [0.1, 0.15) is 0 Å². The molecule has 5 nitrogen and oxygen atoms in total. The first-order valence-electron chi connectivity index (χ1n) is 10.2. The number of nitrogens with zero attached hydrogens (tertiary/aromatic N) is 2. The Bertz CT molecular complexity index is 973. The minimum absolute atomic E-state index is 0.169. The first-order chi connectivity index (χ1) is 14.6. The van der Waals surface area contributed by atoms with Gasteiger partial charge >= 0.3 is 0 Å². The summed E-state index contributed by atoms with van der Waals surface area (Å²) in [5.74, 6) is -0.0731. The van der Waals surface area contributed by atoms with Gasteiger partial charge in [-0.05, 0) is 42.0 Å². The van der Waals surface area contributed by atoms with Gasteiger partial charge < -0.3 is 15.1 Å². The van der Waals surface area contributed by atoms with Crippen molar-refractivity contribution in [2.45, 2.75) is 20.8 Å². The number of carbonyl (C=O) groups excluding carboxylic acids is 2. The predicted octanol–water partition coefficient (Wildman–Crippen LogP) is 5.34. The molecule has 3 rings (SSSR count). The third kappa shape index (κ3) is 6.25. The molecule has 7 heteroatoms. The highest BCUT2D eigenvalue weighted by molar-refractivity contribution is 6.33. The van der Waals surface area contributed by atoms with Gasteiger partial charge in [-0.1, -0.05) is 56.1 Å². The Morgan fingerprint density at radius 2 is 1.61 bits per heavy atom. The normalized spacial score (nSPS) is 14.7. The number of hydrogen-bond donors (Lipinski definition) is 1. The number of rotatable bonds is 4. The third-order valence-electron chi connectivity index (χ3n) is 5.06. The van der Waals surface area contributed by atoms with Crippen LogP contribution < -0.4 is 10.2 Å². The number of amides is 2. The molecule has 1 saturated heterocycles. The van der Waals surface area contributed by atoms with E-state index in [0.29, 0.717) is 28.8 Å². The Morgan fingerprint density at radius 3 is 2.19 bits per heavy atom. The van der Waals surface area contributed by atoms with Crippen molar-refractivity contribution in [3.05, 3.63) is 64.1 Å². The van der Waals surface area contributed by atoms with Crippen molar-refractivity contribution < 1.29 is 9.59 Å². The zero-order chi connectivity index (χ0) is 22.6. The van der Waals surface area contributed by atoms with Gasteiger partial charge in [0.25, 0.3) is 0 Å². The van der Waals surface area contributed by atoms with E-state index in [-0.39, 0.29) is 17.2 Å². The van der Waals surface area contributed by atoms with Gasteiger partial charge in [-0.15, -0.1) is 0 Å². The van der Waals surface area contributed by atoms with Gasteiger partial charge in [0.2, 0.25) is 11.8 Å². The molecule has 2 amide bonds. The van der Waals surface area contributed by atoms with Crippen LogP contribution in [0.2, 0.25) is 10.0 Å². The van der Waals surface area contributed by atoms with Gasteiger partial charge in [0.15, 0.2) is 0 Å². The van der Waals surface area contributed by atoms with Crippen molar-refractivity contribution in [2.24, 2.45) is 5.41 Å². The molecule has 0 bridgehead atoms. The fourth-order valence-electron chi connectivity index (χ4n) is 3.40. The molecule has 0 saturated carbocycles. The summed E-state index contributed by atoms with van der Waals surface area (Å²) in [6, 6.07) is 12.7. The van der Waals surface area contributed by atoms with Gasteiger partial charge in [0, 0.05) is 48.4 Å². The topological polar surface area (TPSA) is 52.7 Å². The van der Waals surface area contributed by atoms with Crippen LogP contribution in [0.3, 0.4) is 0 Å². The van der Waals surface area contributed by atoms with Crippen LogP contribution in [-0.2, 0) is 9.59 Å². The Morgan fingerprint density at radius 1 is 0.968 bits per heavy atom. The molecular formula is C24H27Cl2N3O2. The Hall–Kier alpha value is -2.50. The lowest BCUT2D eigenvalue weighted by Gasteiger charge is -2.39. The van der Waals surface area contributed by atoms with Crippen molar-refractivity contribution in [2.75, 3.05) is 36.4 Å². The SMILES string of the molecule is CC(C)(C)C(=O)N1CCN(c2ccc(NC(=O)/C=C/c3ccc(Cl)cc3)cc2Cl)CC1. The van der Waals surface area contributed by atoms with Gasteiger partial charge in [-0.25, -0.2) is 0 Å². The van der Waals surface area contributed by atoms with Gasteiger partial charge in [-0.3, -0.25) is 9.59 Å². The minimum atomic E-state index is -0.373. The number of nitrogens with one attached hydrogen (secondary N) is 1. The van der Waals surface area contributed by atoms with E-state index in [9.17, 15) is 9.59 Å². The highest BCUT2D eigenvalue weighted by Crippen LogP contribution is 2.30. The molecule has 0 spiro atoms. The van der Waals surface area contributed by atoms with Crippen LogP contribution in [-0.4, -0.2) is 42.9 Å². The molecule has 0 aliphatic carbocycles. The first-order valence-corrected chi connectivity index (χ1v) is 11.0. The average molecular weight is 460 g/mol. The molecule has 0 radical (unpaired) electrons. The first kappa shape index (κ1) is 23.2. The van der Waals surface area contributed by atoms with E-state index in [4.69, 9.17) is 23.2 Å². The van der Waals surface area contributed by atoms with Gasteiger partial charge in [0.05, 0.1) is 10.7 Å². The lowest BCUT2D eigenvalue weighted by Crippen LogP contribution is -2.51. The summed E-state index contributed by atoms with van der Waals surface area (Å²) in [7, 11) is 0. The Labute approximate surface area is 193 Å². The van der Waals surface area contributed by atoms with Crippen LogP contribution in [0.25, 0.3) is 6.08 Å². The highest BCUT2D eigenvalue weighted by atomic mass is 35.5. The summed E-state index contributed by atoms with van der Waals surface area (Å²) < 4.78 is 0. The lowest BCUT2D eigenvalue weighted by atomic mass is 9.94. The number of benzene rings is 2. The molecule has 1 N–H and O–H groups in total. The molecule has 1 aliphatic heterocycles. The molecule has 164 valence electrons. The summed E-state index contributed by atoms with van der Waals surface area (Å²) in [5, 5.41) is 4.04. The second-order valence-electron chi connectivity index (χ2n) is 8.57. The maximum Gasteiger partial charge on any atom is 0.248 e. The average Bonchev–Trinajstić information content (AvgIpc) is 2.72. The van der Waals surface area contributed by atoms with E-state index in [1.54, 1.807) is 24.3 Å². The maximum atomic E-state index is 12.5. The van der Waals surface area contributed by atoms with Crippen molar-refractivity contribution in [3.63, 3.8) is 0 Å². The van der Waals surface area contributed by atoms with Crippen LogP contribution in [0, 0.1) is 5.41 Å². The molecule has 2 aromatic carbocycles. The van der Waals surface area contributed by atoms with Crippen LogP contribution in [0.1, 0.15) is 26.3 Å². The molecule has 0 atom stereocenters. The van der Waals surface area contributed by atoms with E-state index in [1.165, 1.54) is 6.08 Å². The number of hydrogen-bond acceptors (Lipinski definition) is 3. The summed E-state index contributed by atoms with van der Waals surface area (Å²) in [6.45, 7) is 8.59. The van der Waals surface area contributed by atoms with Crippen LogP contribution >= 0.6 is 23.2 Å². The fraction of sp³-hybridized carbons (Fsp3) is 0.333. The molecule has 1 aliphatic rings. The van der Waals surface area contributed by atoms with Crippen LogP contribution in [0.15, 0.2) is 48.5 Å². The van der Waals surface area contributed by atoms with Gasteiger partial charge in [-0.2, -0.15) is 0 Å². The van der Waals surface area contributed by atoms with Crippen molar-refractivity contribution in [3.8, 4) is 0 Å². The molecule has 0 unspecified atom stereocenters. The Balaban J connectivity index is 1.58. The number of carbonyl (C=O) groups is 2. The second-order valence-corrected chi connectivity index (χ2v) is 9.41. The van der Waals surface area contributed by atoms with E-state index in [2.05, 4.69) is 10.2 Å². The zero-order valence-electron chi connectivity index (χ0n) is 18.0. The maximum absolute atomic E-state index is 12.5. The second kappa shape index (κ2) is 9.75. The number of anilines is 2. The number of piperazine rings is 1. The summed E-state index contributed by atoms with van der Waals surface area (Å²) in [4.78, 5) is 28.8. The minimum Gasteiger partial charge on any atom is -0.367 e. The van der Waals surface area contributed by atoms with Crippen LogP contribution in [0.4, 0.5) is 11.4 Å². The molecule has 0 aromatic heterocycles. The molecule has 1 heterocycles. The van der Waals surface area contributed by atoms with E-state index in [0.717, 1.165) is 24.3 Å². The summed E-state index contributed by atoms with van der Waals surface area (Å²) in [6.07, 6.45) is 3.19. The largest absolute Gasteiger partial charge is 0.367 e. The molecule has 31 heavy (non-hydrogen) atoms. The Kier molecular flexibility index (Phi) is 7.29. The molecule has 1 fully saturated rings. The predicted molar refractivity (Wildman–Crippen MR) is 129 cm³/mol. The van der Waals surface area contributed by atoms with Crippen molar-refractivity contribution in [1.82, 2.24) is 4.90 Å². The highest BCUT2D eigenvalue weighted by Gasteiger charge is 2.30. The molecule has 2 aromatic rings. The fourth-order valence-corrected chi connectivity index (χ4v) is 3.82. The third-order valence-corrected chi connectivity index (χ3v) is 5.62. The number of halogens is 2. The van der Waals surface area contributed by atoms with E-state index >= 15 is 0 Å². The quantitative estimate of drug-likeness (QED) is 0.627. The monoisotopic (exact) mass is 459 g/mol. The van der Waals surface area contributed by atoms with Crippen molar-refractivity contribution in [1.29, 1.82) is 0 Å².